The monoisotopic (exact) mass is 379 g/mol. The van der Waals surface area contributed by atoms with Crippen molar-refractivity contribution in [3.63, 3.8) is 0 Å². The Hall–Kier alpha value is -3.22. The maximum atomic E-state index is 14.5. The molecule has 3 aromatic rings. The van der Waals surface area contributed by atoms with Crippen molar-refractivity contribution in [1.29, 1.82) is 0 Å². The number of carbonyl (C=O) groups excluding carboxylic acids is 1. The second-order valence-electron chi connectivity index (χ2n) is 6.83. The normalized spacial score (nSPS) is 13.5. The molecule has 1 aliphatic rings. The SMILES string of the molecule is O=C(Nc1ccccc1)N(Cc1nnc2n1CCCCC2)c1ccccc1F. The summed E-state index contributed by atoms with van der Waals surface area (Å²) in [7, 11) is 0. The number of para-hydroxylation sites is 2. The molecule has 2 aromatic carbocycles. The topological polar surface area (TPSA) is 63.1 Å². The van der Waals surface area contributed by atoms with E-state index in [1.54, 1.807) is 30.3 Å². The molecule has 0 aliphatic carbocycles. The third kappa shape index (κ3) is 3.88. The number of halogens is 1. The predicted octanol–water partition coefficient (Wildman–Crippen LogP) is 4.38. The number of aryl methyl sites for hydroxylation is 1. The number of anilines is 2. The average Bonchev–Trinajstić information content (AvgIpc) is 2.93. The number of hydrogen-bond acceptors (Lipinski definition) is 3. The van der Waals surface area contributed by atoms with E-state index < -0.39 is 11.8 Å². The van der Waals surface area contributed by atoms with Crippen molar-refractivity contribution in [1.82, 2.24) is 14.8 Å². The van der Waals surface area contributed by atoms with Gasteiger partial charge in [-0.25, -0.2) is 9.18 Å². The van der Waals surface area contributed by atoms with Crippen molar-refractivity contribution >= 4 is 17.4 Å². The quantitative estimate of drug-likeness (QED) is 0.732. The lowest BCUT2D eigenvalue weighted by atomic mass is 10.2. The van der Waals surface area contributed by atoms with Crippen LogP contribution in [0.5, 0.6) is 0 Å². The number of nitrogens with one attached hydrogen (secondary N) is 1. The van der Waals surface area contributed by atoms with Gasteiger partial charge in [-0.2, -0.15) is 0 Å². The molecular weight excluding hydrogens is 357 g/mol. The van der Waals surface area contributed by atoms with Crippen LogP contribution in [0, 0.1) is 5.82 Å². The number of amides is 2. The first-order chi connectivity index (χ1) is 13.7. The van der Waals surface area contributed by atoms with Crippen molar-refractivity contribution in [2.45, 2.75) is 38.8 Å². The molecule has 6 nitrogen and oxygen atoms in total. The molecule has 7 heteroatoms. The lowest BCUT2D eigenvalue weighted by Crippen LogP contribution is -2.36. The standard InChI is InChI=1S/C21H22FN5O/c22-17-11-6-7-12-18(17)27(21(28)23-16-9-3-1-4-10-16)15-20-25-24-19-13-5-2-8-14-26(19)20/h1,3-4,6-7,9-12H,2,5,8,13-15H2,(H,23,28). The van der Waals surface area contributed by atoms with Crippen molar-refractivity contribution in [2.75, 3.05) is 10.2 Å². The molecule has 4 rings (SSSR count). The van der Waals surface area contributed by atoms with E-state index in [9.17, 15) is 9.18 Å². The van der Waals surface area contributed by atoms with Crippen LogP contribution in [-0.2, 0) is 19.5 Å². The van der Waals surface area contributed by atoms with Gasteiger partial charge in [0.2, 0.25) is 0 Å². The van der Waals surface area contributed by atoms with E-state index in [0.717, 1.165) is 38.1 Å². The molecule has 0 unspecified atom stereocenters. The van der Waals surface area contributed by atoms with Crippen molar-refractivity contribution in [2.24, 2.45) is 0 Å². The van der Waals surface area contributed by atoms with Crippen LogP contribution in [0.1, 0.15) is 30.9 Å². The van der Waals surface area contributed by atoms with Crippen LogP contribution in [0.25, 0.3) is 0 Å². The fourth-order valence-corrected chi connectivity index (χ4v) is 3.45. The lowest BCUT2D eigenvalue weighted by Gasteiger charge is -2.23. The summed E-state index contributed by atoms with van der Waals surface area (Å²) in [6, 6.07) is 15.0. The van der Waals surface area contributed by atoms with Crippen LogP contribution in [0.4, 0.5) is 20.6 Å². The average molecular weight is 379 g/mol. The molecule has 144 valence electrons. The first-order valence-corrected chi connectivity index (χ1v) is 9.51. The second-order valence-corrected chi connectivity index (χ2v) is 6.83. The minimum Gasteiger partial charge on any atom is -0.313 e. The van der Waals surface area contributed by atoms with Crippen molar-refractivity contribution < 1.29 is 9.18 Å². The minimum atomic E-state index is -0.457. The number of benzene rings is 2. The zero-order valence-corrected chi connectivity index (χ0v) is 15.5. The van der Waals surface area contributed by atoms with Crippen molar-refractivity contribution in [3.8, 4) is 0 Å². The van der Waals surface area contributed by atoms with Gasteiger partial charge < -0.3 is 9.88 Å². The molecule has 2 amide bonds. The smallest absolute Gasteiger partial charge is 0.313 e. The van der Waals surface area contributed by atoms with Gasteiger partial charge in [-0.3, -0.25) is 4.90 Å². The van der Waals surface area contributed by atoms with Gasteiger partial charge in [0.05, 0.1) is 12.2 Å². The van der Waals surface area contributed by atoms with Crippen LogP contribution in [0.3, 0.4) is 0 Å². The number of carbonyl (C=O) groups is 1. The van der Waals surface area contributed by atoms with Crippen LogP contribution in [0.15, 0.2) is 54.6 Å². The van der Waals surface area contributed by atoms with Crippen molar-refractivity contribution in [3.05, 3.63) is 72.1 Å². The summed E-state index contributed by atoms with van der Waals surface area (Å²) in [5.41, 5.74) is 0.857. The van der Waals surface area contributed by atoms with Gasteiger partial charge in [0.15, 0.2) is 5.82 Å². The number of rotatable bonds is 4. The van der Waals surface area contributed by atoms with E-state index in [1.165, 1.54) is 11.0 Å². The highest BCUT2D eigenvalue weighted by Gasteiger charge is 2.23. The maximum Gasteiger partial charge on any atom is 0.326 e. The molecule has 1 aliphatic heterocycles. The third-order valence-corrected chi connectivity index (χ3v) is 4.90. The summed E-state index contributed by atoms with van der Waals surface area (Å²) in [6.45, 7) is 0.968. The summed E-state index contributed by atoms with van der Waals surface area (Å²) in [5.74, 6) is 1.15. The Morgan fingerprint density at radius 1 is 1.04 bits per heavy atom. The Balaban J connectivity index is 1.65. The maximum absolute atomic E-state index is 14.5. The van der Waals surface area contributed by atoms with E-state index in [0.29, 0.717) is 11.5 Å². The molecule has 0 radical (unpaired) electrons. The van der Waals surface area contributed by atoms with Gasteiger partial charge in [-0.1, -0.05) is 36.8 Å². The van der Waals surface area contributed by atoms with E-state index in [4.69, 9.17) is 0 Å². The third-order valence-electron chi connectivity index (χ3n) is 4.90. The van der Waals surface area contributed by atoms with Crippen LogP contribution in [0.2, 0.25) is 0 Å². The molecule has 0 bridgehead atoms. The summed E-state index contributed by atoms with van der Waals surface area (Å²) in [5, 5.41) is 11.4. The Labute approximate surface area is 163 Å². The molecule has 28 heavy (non-hydrogen) atoms. The highest BCUT2D eigenvalue weighted by atomic mass is 19.1. The largest absolute Gasteiger partial charge is 0.326 e. The second kappa shape index (κ2) is 8.21. The molecule has 0 atom stereocenters. The van der Waals surface area contributed by atoms with Crippen LogP contribution >= 0.6 is 0 Å². The van der Waals surface area contributed by atoms with Gasteiger partial charge in [0, 0.05) is 18.7 Å². The van der Waals surface area contributed by atoms with Gasteiger partial charge in [0.1, 0.15) is 11.6 Å². The molecule has 0 saturated carbocycles. The molecule has 0 spiro atoms. The fourth-order valence-electron chi connectivity index (χ4n) is 3.45. The molecule has 1 aromatic heterocycles. The Morgan fingerprint density at radius 3 is 2.64 bits per heavy atom. The Kier molecular flexibility index (Phi) is 5.32. The highest BCUT2D eigenvalue weighted by Crippen LogP contribution is 2.23. The molecule has 2 heterocycles. The molecule has 0 saturated heterocycles. The number of nitrogens with zero attached hydrogens (tertiary/aromatic N) is 4. The molecule has 0 fully saturated rings. The summed E-state index contributed by atoms with van der Waals surface area (Å²) in [6.07, 6.45) is 4.16. The van der Waals surface area contributed by atoms with E-state index in [-0.39, 0.29) is 12.2 Å². The highest BCUT2D eigenvalue weighted by molar-refractivity contribution is 6.01. The first kappa shape index (κ1) is 18.2. The fraction of sp³-hybridized carbons (Fsp3) is 0.286. The van der Waals surface area contributed by atoms with E-state index >= 15 is 0 Å². The summed E-state index contributed by atoms with van der Waals surface area (Å²) in [4.78, 5) is 14.4. The molecule has 1 N–H and O–H groups in total. The van der Waals surface area contributed by atoms with Crippen LogP contribution < -0.4 is 10.2 Å². The number of aromatic nitrogens is 3. The van der Waals surface area contributed by atoms with Gasteiger partial charge in [-0.05, 0) is 37.1 Å². The lowest BCUT2D eigenvalue weighted by molar-refractivity contribution is 0.256. The van der Waals surface area contributed by atoms with Gasteiger partial charge in [-0.15, -0.1) is 10.2 Å². The minimum absolute atomic E-state index is 0.145. The van der Waals surface area contributed by atoms with E-state index in [2.05, 4.69) is 20.1 Å². The zero-order valence-electron chi connectivity index (χ0n) is 15.5. The number of urea groups is 1. The summed E-state index contributed by atoms with van der Waals surface area (Å²) < 4.78 is 16.6. The molecular formula is C21H22FN5O. The van der Waals surface area contributed by atoms with Crippen LogP contribution in [-0.4, -0.2) is 20.8 Å². The van der Waals surface area contributed by atoms with E-state index in [1.807, 2.05) is 18.2 Å². The summed E-state index contributed by atoms with van der Waals surface area (Å²) >= 11 is 0. The Bertz CT molecular complexity index is 956. The van der Waals surface area contributed by atoms with Gasteiger partial charge in [0.25, 0.3) is 0 Å². The first-order valence-electron chi connectivity index (χ1n) is 9.51. The predicted molar refractivity (Wildman–Crippen MR) is 106 cm³/mol. The number of hydrogen-bond donors (Lipinski definition) is 1. The number of fused-ring (bicyclic) bond motifs is 1. The van der Waals surface area contributed by atoms with Gasteiger partial charge >= 0.3 is 6.03 Å². The Morgan fingerprint density at radius 2 is 1.82 bits per heavy atom. The zero-order chi connectivity index (χ0) is 19.3.